The summed E-state index contributed by atoms with van der Waals surface area (Å²) in [6.45, 7) is 7.29. The molecule has 1 aliphatic carbocycles. The number of hydrogen-bond acceptors (Lipinski definition) is 0. The maximum atomic E-state index is 2.66. The fourth-order valence-corrected chi connectivity index (χ4v) is 10.2. The summed E-state index contributed by atoms with van der Waals surface area (Å²) in [6, 6.07) is 13.0. The smallest absolute Gasteiger partial charge is 0.0806 e. The van der Waals surface area contributed by atoms with Crippen LogP contribution >= 0.6 is 0 Å². The summed E-state index contributed by atoms with van der Waals surface area (Å²) in [5, 5.41) is 3.49. The first kappa shape index (κ1) is 29.1. The van der Waals surface area contributed by atoms with Gasteiger partial charge in [-0.05, 0) is 18.9 Å². The molecule has 34 heavy (non-hydrogen) atoms. The van der Waals surface area contributed by atoms with Gasteiger partial charge in [0.1, 0.15) is 8.07 Å². The molecule has 0 N–H and O–H groups in total. The number of benzene rings is 1. The van der Waals surface area contributed by atoms with Gasteiger partial charge in [-0.3, -0.25) is 0 Å². The molecule has 1 aromatic carbocycles. The van der Waals surface area contributed by atoms with Crippen molar-refractivity contribution >= 4 is 13.3 Å². The van der Waals surface area contributed by atoms with Crippen LogP contribution in [0, 0.1) is 0 Å². The Morgan fingerprint density at radius 2 is 1.12 bits per heavy atom. The summed E-state index contributed by atoms with van der Waals surface area (Å²) in [7, 11) is -1.58. The van der Waals surface area contributed by atoms with E-state index in [1.54, 1.807) is 10.8 Å². The van der Waals surface area contributed by atoms with Crippen molar-refractivity contribution in [3.05, 3.63) is 53.3 Å². The summed E-state index contributed by atoms with van der Waals surface area (Å²) in [4.78, 5) is 0. The van der Waals surface area contributed by atoms with Gasteiger partial charge < -0.3 is 0 Å². The molecule has 0 nitrogen and oxygen atoms in total. The summed E-state index contributed by atoms with van der Waals surface area (Å²) < 4.78 is 0. The Hall–Kier alpha value is -1.08. The first-order valence-corrected chi connectivity index (χ1v) is 17.9. The van der Waals surface area contributed by atoms with Gasteiger partial charge in [-0.1, -0.05) is 188 Å². The van der Waals surface area contributed by atoms with Crippen molar-refractivity contribution in [3.8, 4) is 0 Å². The largest absolute Gasteiger partial charge is 0.111 e. The predicted molar refractivity (Wildman–Crippen MR) is 158 cm³/mol. The van der Waals surface area contributed by atoms with E-state index in [0.29, 0.717) is 0 Å². The van der Waals surface area contributed by atoms with Crippen LogP contribution in [0.25, 0.3) is 0 Å². The van der Waals surface area contributed by atoms with Gasteiger partial charge in [-0.15, -0.1) is 0 Å². The van der Waals surface area contributed by atoms with E-state index in [-0.39, 0.29) is 0 Å². The van der Waals surface area contributed by atoms with E-state index in [1.165, 1.54) is 128 Å². The lowest BCUT2D eigenvalue weighted by atomic mass is 10.0. The lowest BCUT2D eigenvalue weighted by molar-refractivity contribution is 0.531. The third-order valence-corrected chi connectivity index (χ3v) is 13.0. The van der Waals surface area contributed by atoms with Crippen LogP contribution in [-0.2, 0) is 0 Å². The van der Waals surface area contributed by atoms with E-state index in [4.69, 9.17) is 0 Å². The van der Waals surface area contributed by atoms with Crippen LogP contribution in [0.3, 0.4) is 0 Å². The molecule has 1 heteroatoms. The Bertz CT molecular complexity index is 686. The van der Waals surface area contributed by atoms with Crippen molar-refractivity contribution in [2.24, 2.45) is 0 Å². The first-order chi connectivity index (χ1) is 16.7. The van der Waals surface area contributed by atoms with Crippen LogP contribution < -0.4 is 5.19 Å². The first-order valence-electron chi connectivity index (χ1n) is 15.2. The van der Waals surface area contributed by atoms with Gasteiger partial charge in [0.15, 0.2) is 0 Å². The lowest BCUT2D eigenvalue weighted by Gasteiger charge is -2.31. The normalized spacial score (nSPS) is 15.3. The molecule has 0 saturated heterocycles. The number of hydrogen-bond donors (Lipinski definition) is 0. The Kier molecular flexibility index (Phi) is 15.6. The molecule has 0 amide bonds. The fraction of sp³-hybridized carbons (Fsp3) is 0.697. The molecule has 0 heterocycles. The minimum Gasteiger partial charge on any atom is -0.0806 e. The highest BCUT2D eigenvalue weighted by Gasteiger charge is 2.35. The minimum absolute atomic E-state index is 1.21. The van der Waals surface area contributed by atoms with Crippen LogP contribution in [0.1, 0.15) is 136 Å². The second-order valence-electron chi connectivity index (χ2n) is 11.1. The standard InChI is InChI=1S/C33H56Si/c1-4-6-7-8-9-10-11-12-13-14-15-16-17-18-19-23-30-34(3,32-27-21-20-22-28-32)33-29-24-26-31(33)25-5-2/h20-22,24,26-28H,4-19,23,25,29-30H2,1-3H3. The van der Waals surface area contributed by atoms with E-state index < -0.39 is 8.07 Å². The molecule has 0 radical (unpaired) electrons. The van der Waals surface area contributed by atoms with Crippen LogP contribution in [0.5, 0.6) is 0 Å². The Labute approximate surface area is 214 Å². The van der Waals surface area contributed by atoms with Crippen LogP contribution in [0.2, 0.25) is 12.6 Å². The molecule has 1 unspecified atom stereocenters. The average Bonchev–Trinajstić information content (AvgIpc) is 3.33. The number of allylic oxidation sites excluding steroid dienone is 4. The predicted octanol–water partition coefficient (Wildman–Crippen LogP) is 10.8. The molecule has 192 valence electrons. The second-order valence-corrected chi connectivity index (χ2v) is 15.5. The fourth-order valence-electron chi connectivity index (χ4n) is 5.94. The number of unbranched alkanes of at least 4 members (excludes halogenated alkanes) is 15. The minimum atomic E-state index is -1.58. The van der Waals surface area contributed by atoms with Crippen molar-refractivity contribution in [2.75, 3.05) is 0 Å². The Morgan fingerprint density at radius 3 is 1.62 bits per heavy atom. The van der Waals surface area contributed by atoms with E-state index in [2.05, 4.69) is 62.9 Å². The Balaban J connectivity index is 1.59. The van der Waals surface area contributed by atoms with Crippen molar-refractivity contribution in [2.45, 2.75) is 148 Å². The summed E-state index contributed by atoms with van der Waals surface area (Å²) in [5.41, 5.74) is 1.68. The topological polar surface area (TPSA) is 0 Å². The third kappa shape index (κ3) is 10.7. The monoisotopic (exact) mass is 480 g/mol. The van der Waals surface area contributed by atoms with Gasteiger partial charge in [0.05, 0.1) is 0 Å². The molecule has 0 fully saturated rings. The zero-order valence-electron chi connectivity index (χ0n) is 23.2. The summed E-state index contributed by atoms with van der Waals surface area (Å²) in [5.74, 6) is 0. The maximum Gasteiger partial charge on any atom is 0.111 e. The molecule has 1 atom stereocenters. The molecule has 0 saturated carbocycles. The third-order valence-electron chi connectivity index (χ3n) is 8.16. The van der Waals surface area contributed by atoms with Gasteiger partial charge in [-0.2, -0.15) is 0 Å². The lowest BCUT2D eigenvalue weighted by Crippen LogP contribution is -2.47. The zero-order chi connectivity index (χ0) is 24.3. The quantitative estimate of drug-likeness (QED) is 0.121. The highest BCUT2D eigenvalue weighted by molar-refractivity contribution is 6.96. The second kappa shape index (κ2) is 18.2. The molecule has 0 aliphatic heterocycles. The average molecular weight is 481 g/mol. The molecular formula is C33H56Si. The number of rotatable bonds is 21. The maximum absolute atomic E-state index is 2.66. The molecular weight excluding hydrogens is 424 g/mol. The molecule has 0 spiro atoms. The molecule has 0 aromatic heterocycles. The zero-order valence-corrected chi connectivity index (χ0v) is 24.2. The van der Waals surface area contributed by atoms with Gasteiger partial charge in [0, 0.05) is 0 Å². The van der Waals surface area contributed by atoms with Crippen molar-refractivity contribution in [1.29, 1.82) is 0 Å². The van der Waals surface area contributed by atoms with Crippen LogP contribution in [0.15, 0.2) is 53.3 Å². The Morgan fingerprint density at radius 1 is 0.618 bits per heavy atom. The highest BCUT2D eigenvalue weighted by atomic mass is 28.3. The van der Waals surface area contributed by atoms with Crippen LogP contribution in [-0.4, -0.2) is 8.07 Å². The van der Waals surface area contributed by atoms with Gasteiger partial charge in [-0.25, -0.2) is 0 Å². The highest BCUT2D eigenvalue weighted by Crippen LogP contribution is 2.34. The van der Waals surface area contributed by atoms with E-state index in [9.17, 15) is 0 Å². The van der Waals surface area contributed by atoms with E-state index in [1.807, 2.05) is 5.20 Å². The summed E-state index contributed by atoms with van der Waals surface area (Å²) >= 11 is 0. The SMILES string of the molecule is CCCCCCCCCCCCCCCCCC[Si](C)(C1=C(CCC)C=CC1)c1ccccc1. The molecule has 0 bridgehead atoms. The molecule has 1 aliphatic rings. The van der Waals surface area contributed by atoms with Crippen molar-refractivity contribution < 1.29 is 0 Å². The van der Waals surface area contributed by atoms with Crippen molar-refractivity contribution in [1.82, 2.24) is 0 Å². The van der Waals surface area contributed by atoms with E-state index in [0.717, 1.165) is 0 Å². The van der Waals surface area contributed by atoms with Gasteiger partial charge in [0.2, 0.25) is 0 Å². The van der Waals surface area contributed by atoms with Gasteiger partial charge >= 0.3 is 0 Å². The van der Waals surface area contributed by atoms with E-state index >= 15 is 0 Å². The molecule has 2 rings (SSSR count). The van der Waals surface area contributed by atoms with Gasteiger partial charge in [0.25, 0.3) is 0 Å². The van der Waals surface area contributed by atoms with Crippen LogP contribution in [0.4, 0.5) is 0 Å². The van der Waals surface area contributed by atoms with Crippen molar-refractivity contribution in [3.63, 3.8) is 0 Å². The summed E-state index contributed by atoms with van der Waals surface area (Å²) in [6.07, 6.45) is 31.8. The molecule has 1 aromatic rings.